The molecule has 1 atom stereocenters. The van der Waals surface area contributed by atoms with Crippen LogP contribution >= 0.6 is 12.4 Å². The van der Waals surface area contributed by atoms with Crippen LogP contribution in [-0.4, -0.2) is 25.3 Å². The minimum Gasteiger partial charge on any atom is -0.454 e. The van der Waals surface area contributed by atoms with Gasteiger partial charge in [0.2, 0.25) is 12.7 Å². The molecule has 0 aromatic heterocycles. The molecule has 25 heavy (non-hydrogen) atoms. The minimum atomic E-state index is 0. The number of nitrogens with two attached hydrogens (primary N) is 1. The average Bonchev–Trinajstić information content (AvgIpc) is 3.06. The lowest BCUT2D eigenvalue weighted by atomic mass is 9.69. The number of benzene rings is 1. The van der Waals surface area contributed by atoms with Crippen molar-refractivity contribution in [2.75, 3.05) is 13.3 Å². The van der Waals surface area contributed by atoms with Crippen molar-refractivity contribution >= 4 is 18.3 Å². The highest BCUT2D eigenvalue weighted by Crippen LogP contribution is 2.43. The molecular weight excluding hydrogens is 340 g/mol. The van der Waals surface area contributed by atoms with Crippen LogP contribution in [0.25, 0.3) is 0 Å². The summed E-state index contributed by atoms with van der Waals surface area (Å²) in [5.41, 5.74) is 7.00. The van der Waals surface area contributed by atoms with Crippen molar-refractivity contribution in [3.63, 3.8) is 0 Å². The maximum absolute atomic E-state index is 12.1. The van der Waals surface area contributed by atoms with Crippen molar-refractivity contribution in [3.8, 4) is 11.5 Å². The standard InChI is InChI=1S/C19H28N2O3.ClH/c1-14(20)5-8-18(22)21-12-19(9-3-2-4-10-19)15-6-7-16-17(11-15)24-13-23-16;/h6-7,11,14H,2-5,8-10,12-13,20H2,1H3,(H,21,22);1H. The molecule has 1 saturated carbocycles. The third kappa shape index (κ3) is 4.79. The van der Waals surface area contributed by atoms with Crippen LogP contribution in [0.5, 0.6) is 11.5 Å². The van der Waals surface area contributed by atoms with Gasteiger partial charge in [0.15, 0.2) is 11.5 Å². The molecule has 5 nitrogen and oxygen atoms in total. The second kappa shape index (κ2) is 8.77. The Kier molecular flexibility index (Phi) is 6.96. The van der Waals surface area contributed by atoms with Gasteiger partial charge in [0, 0.05) is 24.4 Å². The lowest BCUT2D eigenvalue weighted by Gasteiger charge is -2.38. The van der Waals surface area contributed by atoms with Gasteiger partial charge in [-0.15, -0.1) is 12.4 Å². The summed E-state index contributed by atoms with van der Waals surface area (Å²) < 4.78 is 11.0. The molecule has 6 heteroatoms. The molecule has 0 bridgehead atoms. The number of ether oxygens (including phenoxy) is 2. The van der Waals surface area contributed by atoms with Crippen LogP contribution in [-0.2, 0) is 10.2 Å². The third-order valence-electron chi connectivity index (χ3n) is 5.25. The molecule has 3 N–H and O–H groups in total. The lowest BCUT2D eigenvalue weighted by Crippen LogP contribution is -2.42. The molecule has 3 rings (SSSR count). The Morgan fingerprint density at radius 3 is 2.68 bits per heavy atom. The second-order valence-corrected chi connectivity index (χ2v) is 7.20. The molecule has 1 aliphatic heterocycles. The number of carbonyl (C=O) groups excluding carboxylic acids is 1. The Morgan fingerprint density at radius 1 is 1.24 bits per heavy atom. The average molecular weight is 369 g/mol. The highest BCUT2D eigenvalue weighted by Gasteiger charge is 2.35. The van der Waals surface area contributed by atoms with E-state index < -0.39 is 0 Å². The van der Waals surface area contributed by atoms with Gasteiger partial charge in [0.1, 0.15) is 0 Å². The van der Waals surface area contributed by atoms with Crippen LogP contribution < -0.4 is 20.5 Å². The zero-order valence-electron chi connectivity index (χ0n) is 14.9. The number of amides is 1. The summed E-state index contributed by atoms with van der Waals surface area (Å²) in [5.74, 6) is 1.73. The molecule has 0 spiro atoms. The van der Waals surface area contributed by atoms with Crippen LogP contribution in [0.4, 0.5) is 0 Å². The van der Waals surface area contributed by atoms with Gasteiger partial charge < -0.3 is 20.5 Å². The SMILES string of the molecule is CC(N)CCC(=O)NCC1(c2ccc3c(c2)OCO3)CCCCC1.Cl. The molecule has 1 amide bonds. The van der Waals surface area contributed by atoms with Gasteiger partial charge in [-0.2, -0.15) is 0 Å². The van der Waals surface area contributed by atoms with Crippen molar-refractivity contribution in [2.45, 2.75) is 63.3 Å². The van der Waals surface area contributed by atoms with Crippen LogP contribution in [0.2, 0.25) is 0 Å². The predicted octanol–water partition coefficient (Wildman–Crippen LogP) is 3.28. The fraction of sp³-hybridized carbons (Fsp3) is 0.632. The van der Waals surface area contributed by atoms with Crippen LogP contribution in [0, 0.1) is 0 Å². The molecule has 1 unspecified atom stereocenters. The van der Waals surface area contributed by atoms with Gasteiger partial charge >= 0.3 is 0 Å². The number of rotatable bonds is 6. The molecule has 1 heterocycles. The Hall–Kier alpha value is -1.46. The minimum absolute atomic E-state index is 0. The number of carbonyl (C=O) groups is 1. The summed E-state index contributed by atoms with van der Waals surface area (Å²) >= 11 is 0. The largest absolute Gasteiger partial charge is 0.454 e. The first-order valence-electron chi connectivity index (χ1n) is 9.01. The lowest BCUT2D eigenvalue weighted by molar-refractivity contribution is -0.121. The molecule has 1 fully saturated rings. The van der Waals surface area contributed by atoms with Crippen molar-refractivity contribution in [1.82, 2.24) is 5.32 Å². The summed E-state index contributed by atoms with van der Waals surface area (Å²) in [5, 5.41) is 3.15. The smallest absolute Gasteiger partial charge is 0.231 e. The van der Waals surface area contributed by atoms with E-state index in [0.29, 0.717) is 19.8 Å². The molecule has 1 aromatic rings. The number of halogens is 1. The summed E-state index contributed by atoms with van der Waals surface area (Å²) in [6.07, 6.45) is 7.08. The van der Waals surface area contributed by atoms with E-state index in [0.717, 1.165) is 30.8 Å². The van der Waals surface area contributed by atoms with E-state index in [1.54, 1.807) is 0 Å². The molecule has 140 valence electrons. The Morgan fingerprint density at radius 2 is 1.96 bits per heavy atom. The van der Waals surface area contributed by atoms with E-state index in [-0.39, 0.29) is 29.8 Å². The fourth-order valence-corrected chi connectivity index (χ4v) is 3.74. The zero-order chi connectivity index (χ0) is 17.0. The van der Waals surface area contributed by atoms with Crippen molar-refractivity contribution < 1.29 is 14.3 Å². The van der Waals surface area contributed by atoms with E-state index in [1.807, 2.05) is 13.0 Å². The van der Waals surface area contributed by atoms with E-state index in [2.05, 4.69) is 17.4 Å². The van der Waals surface area contributed by atoms with Crippen molar-refractivity contribution in [2.24, 2.45) is 5.73 Å². The first-order valence-corrected chi connectivity index (χ1v) is 9.01. The summed E-state index contributed by atoms with van der Waals surface area (Å²) in [6.45, 7) is 2.91. The maximum Gasteiger partial charge on any atom is 0.231 e. The number of hydrogen-bond acceptors (Lipinski definition) is 4. The van der Waals surface area contributed by atoms with E-state index in [4.69, 9.17) is 15.2 Å². The molecule has 2 aliphatic rings. The fourth-order valence-electron chi connectivity index (χ4n) is 3.74. The zero-order valence-corrected chi connectivity index (χ0v) is 15.7. The summed E-state index contributed by atoms with van der Waals surface area (Å²) in [7, 11) is 0. The number of hydrogen-bond donors (Lipinski definition) is 2. The summed E-state index contributed by atoms with van der Waals surface area (Å²) in [4.78, 5) is 12.1. The van der Waals surface area contributed by atoms with Gasteiger partial charge in [0.05, 0.1) is 0 Å². The Labute approximate surface area is 156 Å². The maximum atomic E-state index is 12.1. The predicted molar refractivity (Wildman–Crippen MR) is 100 cm³/mol. The molecule has 0 radical (unpaired) electrons. The second-order valence-electron chi connectivity index (χ2n) is 7.20. The molecule has 0 saturated heterocycles. The van der Waals surface area contributed by atoms with Gasteiger partial charge in [-0.05, 0) is 43.9 Å². The van der Waals surface area contributed by atoms with Crippen molar-refractivity contribution in [1.29, 1.82) is 0 Å². The van der Waals surface area contributed by atoms with Crippen LogP contribution in [0.3, 0.4) is 0 Å². The normalized spacial score (nSPS) is 19.0. The van der Waals surface area contributed by atoms with E-state index in [9.17, 15) is 4.79 Å². The first kappa shape index (κ1) is 19.9. The van der Waals surface area contributed by atoms with Crippen LogP contribution in [0.15, 0.2) is 18.2 Å². The van der Waals surface area contributed by atoms with Crippen molar-refractivity contribution in [3.05, 3.63) is 23.8 Å². The number of nitrogens with one attached hydrogen (secondary N) is 1. The summed E-state index contributed by atoms with van der Waals surface area (Å²) in [6, 6.07) is 6.29. The monoisotopic (exact) mass is 368 g/mol. The molecule has 1 aromatic carbocycles. The van der Waals surface area contributed by atoms with E-state index >= 15 is 0 Å². The van der Waals surface area contributed by atoms with Gasteiger partial charge in [-0.3, -0.25) is 4.79 Å². The van der Waals surface area contributed by atoms with Gasteiger partial charge in [-0.25, -0.2) is 0 Å². The third-order valence-corrected chi connectivity index (χ3v) is 5.25. The highest BCUT2D eigenvalue weighted by atomic mass is 35.5. The molecular formula is C19H29ClN2O3. The Balaban J connectivity index is 0.00000225. The first-order chi connectivity index (χ1) is 11.6. The number of fused-ring (bicyclic) bond motifs is 1. The van der Waals surface area contributed by atoms with Gasteiger partial charge in [-0.1, -0.05) is 25.3 Å². The van der Waals surface area contributed by atoms with E-state index in [1.165, 1.54) is 24.8 Å². The molecule has 1 aliphatic carbocycles. The van der Waals surface area contributed by atoms with Crippen LogP contribution in [0.1, 0.15) is 57.4 Å². The quantitative estimate of drug-likeness (QED) is 0.808. The van der Waals surface area contributed by atoms with Gasteiger partial charge in [0.25, 0.3) is 0 Å². The highest BCUT2D eigenvalue weighted by molar-refractivity contribution is 5.85. The Bertz CT molecular complexity index is 586. The topological polar surface area (TPSA) is 73.6 Å².